The third-order valence-corrected chi connectivity index (χ3v) is 6.23. The van der Waals surface area contributed by atoms with Crippen LogP contribution in [0, 0.1) is 0 Å². The van der Waals surface area contributed by atoms with Crippen molar-refractivity contribution in [2.45, 2.75) is 73.0 Å². The third-order valence-electron chi connectivity index (χ3n) is 6.23. The van der Waals surface area contributed by atoms with Gasteiger partial charge in [0.05, 0.1) is 12.0 Å². The van der Waals surface area contributed by atoms with Crippen molar-refractivity contribution in [3.8, 4) is 28.7 Å². The van der Waals surface area contributed by atoms with Crippen LogP contribution in [0.1, 0.15) is 88.0 Å². The van der Waals surface area contributed by atoms with Gasteiger partial charge in [-0.25, -0.2) is 0 Å². The summed E-state index contributed by atoms with van der Waals surface area (Å²) in [6, 6.07) is 4.52. The van der Waals surface area contributed by atoms with E-state index in [-0.39, 0.29) is 40.8 Å². The summed E-state index contributed by atoms with van der Waals surface area (Å²) in [5, 5.41) is 0. The highest BCUT2D eigenvalue weighted by atomic mass is 16.6. The van der Waals surface area contributed by atoms with E-state index in [1.165, 1.54) is 32.9 Å². The van der Waals surface area contributed by atoms with Gasteiger partial charge in [-0.3, -0.25) is 19.2 Å². The molecule has 0 radical (unpaired) electrons. The van der Waals surface area contributed by atoms with Crippen molar-refractivity contribution in [3.63, 3.8) is 0 Å². The van der Waals surface area contributed by atoms with Gasteiger partial charge in [-0.1, -0.05) is 11.6 Å². The number of benzene rings is 2. The second kappa shape index (κ2) is 11.0. The summed E-state index contributed by atoms with van der Waals surface area (Å²) in [7, 11) is 0. The molecule has 4 rings (SSSR count). The molecule has 0 saturated heterocycles. The van der Waals surface area contributed by atoms with Crippen LogP contribution in [0.5, 0.6) is 28.7 Å². The van der Waals surface area contributed by atoms with Gasteiger partial charge in [0.1, 0.15) is 40.3 Å². The Morgan fingerprint density at radius 1 is 0.975 bits per heavy atom. The number of carbonyl (C=O) groups is 4. The van der Waals surface area contributed by atoms with Crippen LogP contribution in [0.2, 0.25) is 0 Å². The van der Waals surface area contributed by atoms with Crippen molar-refractivity contribution in [2.24, 2.45) is 0 Å². The van der Waals surface area contributed by atoms with E-state index in [0.29, 0.717) is 28.9 Å². The molecule has 0 aromatic heterocycles. The van der Waals surface area contributed by atoms with E-state index in [1.54, 1.807) is 12.1 Å². The Bertz CT molecular complexity index is 1470. The Balaban J connectivity index is 1.93. The Kier molecular flexibility index (Phi) is 7.86. The van der Waals surface area contributed by atoms with Crippen molar-refractivity contribution >= 4 is 29.8 Å². The second-order valence-electron chi connectivity index (χ2n) is 10.5. The van der Waals surface area contributed by atoms with Crippen molar-refractivity contribution in [2.75, 3.05) is 0 Å². The van der Waals surface area contributed by atoms with Gasteiger partial charge < -0.3 is 23.7 Å². The first-order valence-electron chi connectivity index (χ1n) is 12.9. The number of esters is 3. The lowest BCUT2D eigenvalue weighted by molar-refractivity contribution is -0.133. The summed E-state index contributed by atoms with van der Waals surface area (Å²) in [5.74, 6) is -1.00. The Morgan fingerprint density at radius 3 is 2.27 bits per heavy atom. The smallest absolute Gasteiger partial charge is 0.308 e. The molecule has 0 N–H and O–H groups in total. The minimum absolute atomic E-state index is 0.0825. The number of ketones is 1. The van der Waals surface area contributed by atoms with Crippen molar-refractivity contribution < 1.29 is 42.9 Å². The molecule has 1 atom stereocenters. The van der Waals surface area contributed by atoms with Crippen molar-refractivity contribution in [1.29, 1.82) is 0 Å². The topological polar surface area (TPSA) is 114 Å². The Morgan fingerprint density at radius 2 is 1.65 bits per heavy atom. The molecule has 0 saturated carbocycles. The van der Waals surface area contributed by atoms with Gasteiger partial charge in [0, 0.05) is 38.0 Å². The van der Waals surface area contributed by atoms with Gasteiger partial charge >= 0.3 is 17.9 Å². The average molecular weight is 549 g/mol. The van der Waals surface area contributed by atoms with Crippen molar-refractivity contribution in [1.82, 2.24) is 0 Å². The fourth-order valence-corrected chi connectivity index (χ4v) is 4.61. The molecule has 2 aromatic carbocycles. The standard InChI is InChI=1S/C31H32O9/c1-16(2)8-10-22-28-23(12-13-31(6,7)40-28)29(38-19(5)34)27-24(35)15-26(39-30(22)27)21-11-9-20(36-17(3)32)14-25(21)37-18(4)33/h8-9,11-14,26H,10,15H2,1-7H3/t26-/m0/s1. The zero-order valence-corrected chi connectivity index (χ0v) is 23.6. The van der Waals surface area contributed by atoms with E-state index in [0.717, 1.165) is 5.57 Å². The zero-order valence-electron chi connectivity index (χ0n) is 23.6. The van der Waals surface area contributed by atoms with Gasteiger partial charge in [-0.15, -0.1) is 0 Å². The van der Waals surface area contributed by atoms with Crippen LogP contribution in [-0.4, -0.2) is 29.3 Å². The predicted molar refractivity (Wildman–Crippen MR) is 146 cm³/mol. The molecule has 2 aliphatic rings. The Hall–Kier alpha value is -4.40. The number of Topliss-reactive ketones (excluding diaryl/α,β-unsaturated/α-hetero) is 1. The van der Waals surface area contributed by atoms with Crippen LogP contribution >= 0.6 is 0 Å². The summed E-state index contributed by atoms with van der Waals surface area (Å²) in [6.07, 6.45) is 5.04. The van der Waals surface area contributed by atoms with Crippen LogP contribution in [0.3, 0.4) is 0 Å². The molecule has 210 valence electrons. The SMILES string of the molecule is CC(=O)Oc1ccc([C@@H]2CC(=O)c3c(OC(C)=O)c4c(c(CC=C(C)C)c3O2)OC(C)(C)C=C4)c(OC(C)=O)c1. The number of hydrogen-bond donors (Lipinski definition) is 0. The first kappa shape index (κ1) is 28.6. The van der Waals surface area contributed by atoms with Crippen LogP contribution in [0.4, 0.5) is 0 Å². The summed E-state index contributed by atoms with van der Waals surface area (Å²) in [5.41, 5.74) is 2.07. The van der Waals surface area contributed by atoms with Gasteiger partial charge in [-0.05, 0) is 58.4 Å². The molecule has 0 aliphatic carbocycles. The first-order valence-corrected chi connectivity index (χ1v) is 12.9. The van der Waals surface area contributed by atoms with E-state index in [1.807, 2.05) is 39.8 Å². The average Bonchev–Trinajstić information content (AvgIpc) is 2.81. The zero-order chi connectivity index (χ0) is 29.4. The van der Waals surface area contributed by atoms with E-state index in [2.05, 4.69) is 0 Å². The van der Waals surface area contributed by atoms with Gasteiger partial charge in [0.15, 0.2) is 11.5 Å². The Labute approximate surface area is 232 Å². The summed E-state index contributed by atoms with van der Waals surface area (Å²) >= 11 is 0. The maximum atomic E-state index is 13.8. The van der Waals surface area contributed by atoms with E-state index in [9.17, 15) is 19.2 Å². The highest BCUT2D eigenvalue weighted by Gasteiger charge is 2.40. The van der Waals surface area contributed by atoms with Crippen LogP contribution in [0.15, 0.2) is 35.9 Å². The molecule has 0 spiro atoms. The number of hydrogen-bond acceptors (Lipinski definition) is 9. The van der Waals surface area contributed by atoms with Crippen LogP contribution in [-0.2, 0) is 20.8 Å². The second-order valence-corrected chi connectivity index (χ2v) is 10.5. The number of fused-ring (bicyclic) bond motifs is 2. The molecular formula is C31H32O9. The minimum atomic E-state index is -0.860. The lowest BCUT2D eigenvalue weighted by Gasteiger charge is -2.35. The molecule has 2 heterocycles. The molecule has 0 amide bonds. The highest BCUT2D eigenvalue weighted by molar-refractivity contribution is 6.06. The fraction of sp³-hybridized carbons (Fsp3) is 0.355. The summed E-state index contributed by atoms with van der Waals surface area (Å²) in [6.45, 7) is 11.5. The molecule has 40 heavy (non-hydrogen) atoms. The number of carbonyl (C=O) groups excluding carboxylic acids is 4. The van der Waals surface area contributed by atoms with E-state index >= 15 is 0 Å². The number of allylic oxidation sites excluding steroid dienone is 2. The maximum Gasteiger partial charge on any atom is 0.308 e. The molecule has 2 aliphatic heterocycles. The van der Waals surface area contributed by atoms with Gasteiger partial charge in [0.2, 0.25) is 0 Å². The highest BCUT2D eigenvalue weighted by Crippen LogP contribution is 2.52. The van der Waals surface area contributed by atoms with Gasteiger partial charge in [0.25, 0.3) is 0 Å². The largest absolute Gasteiger partial charge is 0.484 e. The minimum Gasteiger partial charge on any atom is -0.484 e. The van der Waals surface area contributed by atoms with E-state index in [4.69, 9.17) is 23.7 Å². The third kappa shape index (κ3) is 6.09. The van der Waals surface area contributed by atoms with E-state index < -0.39 is 29.6 Å². The number of ether oxygens (including phenoxy) is 5. The van der Waals surface area contributed by atoms with Crippen LogP contribution < -0.4 is 23.7 Å². The predicted octanol–water partition coefficient (Wildman–Crippen LogP) is 5.86. The summed E-state index contributed by atoms with van der Waals surface area (Å²) in [4.78, 5) is 49.3. The molecule has 2 aromatic rings. The quantitative estimate of drug-likeness (QED) is 0.249. The molecule has 0 bridgehead atoms. The number of rotatable bonds is 6. The maximum absolute atomic E-state index is 13.8. The van der Waals surface area contributed by atoms with Gasteiger partial charge in [-0.2, -0.15) is 0 Å². The first-order chi connectivity index (χ1) is 18.8. The van der Waals surface area contributed by atoms with Crippen molar-refractivity contribution in [3.05, 3.63) is 58.2 Å². The molecule has 0 fully saturated rings. The lowest BCUT2D eigenvalue weighted by Crippen LogP contribution is -2.30. The summed E-state index contributed by atoms with van der Waals surface area (Å²) < 4.78 is 29.0. The fourth-order valence-electron chi connectivity index (χ4n) is 4.61. The monoisotopic (exact) mass is 548 g/mol. The normalized spacial score (nSPS) is 16.5. The molecule has 9 heteroatoms. The molecular weight excluding hydrogens is 516 g/mol. The molecule has 0 unspecified atom stereocenters. The lowest BCUT2D eigenvalue weighted by atomic mass is 9.88. The van der Waals surface area contributed by atoms with Crippen LogP contribution in [0.25, 0.3) is 6.08 Å². The molecule has 9 nitrogen and oxygen atoms in total.